The molecule has 2 aromatic carbocycles. The lowest BCUT2D eigenvalue weighted by molar-refractivity contribution is -0.133. The van der Waals surface area contributed by atoms with Gasteiger partial charge in [-0.3, -0.25) is 9.69 Å². The predicted octanol–water partition coefficient (Wildman–Crippen LogP) is 2.42. The van der Waals surface area contributed by atoms with Crippen LogP contribution in [0.2, 0.25) is 0 Å². The van der Waals surface area contributed by atoms with Gasteiger partial charge in [-0.15, -0.1) is 0 Å². The van der Waals surface area contributed by atoms with Crippen LogP contribution >= 0.6 is 0 Å². The van der Waals surface area contributed by atoms with Crippen LogP contribution in [0.4, 0.5) is 4.79 Å². The minimum absolute atomic E-state index is 0.150. The Hall–Kier alpha value is -3.26. The van der Waals surface area contributed by atoms with Gasteiger partial charge in [0.15, 0.2) is 17.6 Å². The van der Waals surface area contributed by atoms with Crippen LogP contribution < -0.4 is 19.5 Å². The maximum atomic E-state index is 13.1. The zero-order valence-corrected chi connectivity index (χ0v) is 18.1. The number of ether oxygens (including phenoxy) is 3. The van der Waals surface area contributed by atoms with Crippen LogP contribution in [-0.4, -0.2) is 66.7 Å². The molecule has 32 heavy (non-hydrogen) atoms. The second-order valence-electron chi connectivity index (χ2n) is 8.66. The van der Waals surface area contributed by atoms with Gasteiger partial charge >= 0.3 is 6.03 Å². The molecule has 168 valence electrons. The molecule has 0 bridgehead atoms. The molecule has 3 aliphatic rings. The highest BCUT2D eigenvalue weighted by Gasteiger charge is 2.52. The molecular formula is C24H27N3O5. The number of fused-ring (bicyclic) bond motifs is 1. The normalized spacial score (nSPS) is 22.2. The Labute approximate surface area is 187 Å². The van der Waals surface area contributed by atoms with E-state index in [-0.39, 0.29) is 25.1 Å². The Kier molecular flexibility index (Phi) is 5.38. The lowest BCUT2D eigenvalue weighted by Gasteiger charge is -2.35. The summed E-state index contributed by atoms with van der Waals surface area (Å²) < 4.78 is 17.8. The van der Waals surface area contributed by atoms with Gasteiger partial charge in [-0.2, -0.15) is 0 Å². The fraction of sp³-hybridized carbons (Fsp3) is 0.417. The molecule has 8 nitrogen and oxygen atoms in total. The Morgan fingerprint density at radius 2 is 1.88 bits per heavy atom. The van der Waals surface area contributed by atoms with Crippen LogP contribution in [0.5, 0.6) is 17.2 Å². The first-order chi connectivity index (χ1) is 15.5. The van der Waals surface area contributed by atoms with Crippen molar-refractivity contribution in [3.8, 4) is 17.2 Å². The van der Waals surface area contributed by atoms with Gasteiger partial charge in [-0.25, -0.2) is 4.79 Å². The van der Waals surface area contributed by atoms with Crippen LogP contribution in [0.15, 0.2) is 48.5 Å². The Morgan fingerprint density at radius 1 is 1.09 bits per heavy atom. The van der Waals surface area contributed by atoms with E-state index >= 15 is 0 Å². The average molecular weight is 437 g/mol. The minimum atomic E-state index is -0.782. The molecular weight excluding hydrogens is 410 g/mol. The van der Waals surface area contributed by atoms with Gasteiger partial charge in [0.05, 0.1) is 6.54 Å². The summed E-state index contributed by atoms with van der Waals surface area (Å²) in [6, 6.07) is 15.0. The summed E-state index contributed by atoms with van der Waals surface area (Å²) in [5.74, 6) is 1.67. The zero-order chi connectivity index (χ0) is 22.1. The third-order valence-corrected chi connectivity index (χ3v) is 6.35. The first kappa shape index (κ1) is 20.6. The SMILES string of the molecule is CN1CCC2(CC1)NC(=O)N(CC1COc3ccc(OCc4ccccc4)cc3O1)C2=O. The highest BCUT2D eigenvalue weighted by Crippen LogP contribution is 2.36. The van der Waals surface area contributed by atoms with Gasteiger partial charge in [0.2, 0.25) is 0 Å². The third-order valence-electron chi connectivity index (χ3n) is 6.35. The van der Waals surface area contributed by atoms with Crippen molar-refractivity contribution in [3.63, 3.8) is 0 Å². The summed E-state index contributed by atoms with van der Waals surface area (Å²) in [6.07, 6.45) is 0.803. The van der Waals surface area contributed by atoms with E-state index in [1.165, 1.54) is 4.90 Å². The number of hydrogen-bond donors (Lipinski definition) is 1. The van der Waals surface area contributed by atoms with Crippen molar-refractivity contribution in [2.45, 2.75) is 31.1 Å². The number of rotatable bonds is 5. The molecule has 1 atom stereocenters. The highest BCUT2D eigenvalue weighted by molar-refractivity contribution is 6.07. The fourth-order valence-corrected chi connectivity index (χ4v) is 4.40. The molecule has 2 aromatic rings. The molecule has 5 rings (SSSR count). The lowest BCUT2D eigenvalue weighted by atomic mass is 9.87. The number of imide groups is 1. The number of hydrogen-bond acceptors (Lipinski definition) is 6. The largest absolute Gasteiger partial charge is 0.489 e. The second kappa shape index (κ2) is 8.35. The number of nitrogens with zero attached hydrogens (tertiary/aromatic N) is 2. The Morgan fingerprint density at radius 3 is 2.66 bits per heavy atom. The molecule has 2 saturated heterocycles. The molecule has 0 saturated carbocycles. The monoisotopic (exact) mass is 437 g/mol. The summed E-state index contributed by atoms with van der Waals surface area (Å²) in [4.78, 5) is 29.1. The smallest absolute Gasteiger partial charge is 0.325 e. The maximum absolute atomic E-state index is 13.1. The number of piperidine rings is 1. The number of nitrogens with one attached hydrogen (secondary N) is 1. The quantitative estimate of drug-likeness (QED) is 0.724. The van der Waals surface area contributed by atoms with Crippen molar-refractivity contribution in [2.75, 3.05) is 33.3 Å². The van der Waals surface area contributed by atoms with Crippen LogP contribution in [0.3, 0.4) is 0 Å². The predicted molar refractivity (Wildman–Crippen MR) is 117 cm³/mol. The molecule has 1 unspecified atom stereocenters. The highest BCUT2D eigenvalue weighted by atomic mass is 16.6. The average Bonchev–Trinajstić information content (AvgIpc) is 3.04. The Balaban J connectivity index is 1.23. The molecule has 1 N–H and O–H groups in total. The summed E-state index contributed by atoms with van der Waals surface area (Å²) in [7, 11) is 2.02. The number of benzene rings is 2. The molecule has 2 fully saturated rings. The van der Waals surface area contributed by atoms with Crippen LogP contribution in [0.1, 0.15) is 18.4 Å². The molecule has 0 aromatic heterocycles. The van der Waals surface area contributed by atoms with Crippen molar-refractivity contribution in [3.05, 3.63) is 54.1 Å². The molecule has 0 aliphatic carbocycles. The summed E-state index contributed by atoms with van der Waals surface area (Å²) in [5, 5.41) is 2.93. The number of amides is 3. The van der Waals surface area contributed by atoms with E-state index in [1.807, 2.05) is 49.5 Å². The maximum Gasteiger partial charge on any atom is 0.325 e. The first-order valence-electron chi connectivity index (χ1n) is 11.0. The summed E-state index contributed by atoms with van der Waals surface area (Å²) in [5.41, 5.74) is 0.289. The van der Waals surface area contributed by atoms with Gasteiger partial charge in [0.25, 0.3) is 5.91 Å². The van der Waals surface area contributed by atoms with E-state index in [9.17, 15) is 9.59 Å². The van der Waals surface area contributed by atoms with Gasteiger partial charge in [-0.05, 0) is 37.6 Å². The molecule has 1 spiro atoms. The first-order valence-corrected chi connectivity index (χ1v) is 11.0. The number of likely N-dealkylation sites (tertiary alicyclic amines) is 1. The third kappa shape index (κ3) is 3.98. The van der Waals surface area contributed by atoms with Crippen molar-refractivity contribution in [1.29, 1.82) is 0 Å². The van der Waals surface area contributed by atoms with Crippen molar-refractivity contribution >= 4 is 11.9 Å². The molecule has 3 aliphatic heterocycles. The van der Waals surface area contributed by atoms with E-state index < -0.39 is 11.6 Å². The van der Waals surface area contributed by atoms with E-state index in [2.05, 4.69) is 10.2 Å². The van der Waals surface area contributed by atoms with E-state index in [0.717, 1.165) is 18.7 Å². The lowest BCUT2D eigenvalue weighted by Crippen LogP contribution is -2.54. The molecule has 3 heterocycles. The van der Waals surface area contributed by atoms with E-state index in [4.69, 9.17) is 14.2 Å². The van der Waals surface area contributed by atoms with E-state index in [1.54, 1.807) is 6.07 Å². The van der Waals surface area contributed by atoms with Crippen molar-refractivity contribution < 1.29 is 23.8 Å². The van der Waals surface area contributed by atoms with E-state index in [0.29, 0.717) is 36.7 Å². The number of carbonyl (C=O) groups excluding carboxylic acids is 2. The molecule has 8 heteroatoms. The standard InChI is InChI=1S/C24H27N3O5/c1-26-11-9-24(10-12-26)22(28)27(23(29)25-24)14-19-16-31-20-8-7-18(13-21(20)32-19)30-15-17-5-3-2-4-6-17/h2-8,13,19H,9-12,14-16H2,1H3,(H,25,29). The van der Waals surface area contributed by atoms with Crippen molar-refractivity contribution in [1.82, 2.24) is 15.1 Å². The number of urea groups is 1. The van der Waals surface area contributed by atoms with Gasteiger partial charge in [0.1, 0.15) is 24.5 Å². The van der Waals surface area contributed by atoms with Crippen LogP contribution in [0.25, 0.3) is 0 Å². The zero-order valence-electron chi connectivity index (χ0n) is 18.1. The van der Waals surface area contributed by atoms with Gasteiger partial charge in [0, 0.05) is 19.2 Å². The molecule has 0 radical (unpaired) electrons. The summed E-state index contributed by atoms with van der Waals surface area (Å²) >= 11 is 0. The molecule has 3 amide bonds. The van der Waals surface area contributed by atoms with Gasteiger partial charge in [-0.1, -0.05) is 30.3 Å². The Bertz CT molecular complexity index is 1000. The van der Waals surface area contributed by atoms with Crippen LogP contribution in [-0.2, 0) is 11.4 Å². The van der Waals surface area contributed by atoms with Gasteiger partial charge < -0.3 is 24.4 Å². The topological polar surface area (TPSA) is 80.3 Å². The van der Waals surface area contributed by atoms with Crippen molar-refractivity contribution in [2.24, 2.45) is 0 Å². The number of carbonyl (C=O) groups is 2. The fourth-order valence-electron chi connectivity index (χ4n) is 4.40. The summed E-state index contributed by atoms with van der Waals surface area (Å²) in [6.45, 7) is 2.43. The van der Waals surface area contributed by atoms with Crippen LogP contribution in [0, 0.1) is 0 Å². The second-order valence-corrected chi connectivity index (χ2v) is 8.66. The minimum Gasteiger partial charge on any atom is -0.489 e.